The van der Waals surface area contributed by atoms with Crippen molar-refractivity contribution in [3.8, 4) is 39.6 Å². The highest BCUT2D eigenvalue weighted by Crippen LogP contribution is 2.51. The average Bonchev–Trinajstić information content (AvgIpc) is 3.34. The number of rotatable bonds is 7. The highest BCUT2D eigenvalue weighted by Gasteiger charge is 2.28. The Labute approximate surface area is 217 Å². The summed E-state index contributed by atoms with van der Waals surface area (Å²) >= 11 is 0. The zero-order valence-corrected chi connectivity index (χ0v) is 21.8. The second-order valence-corrected chi connectivity index (χ2v) is 8.85. The Morgan fingerprint density at radius 1 is 0.676 bits per heavy atom. The van der Waals surface area contributed by atoms with Gasteiger partial charge < -0.3 is 19.2 Å². The van der Waals surface area contributed by atoms with Crippen LogP contribution in [0.3, 0.4) is 0 Å². The van der Waals surface area contributed by atoms with Crippen LogP contribution in [0.4, 0.5) is 5.69 Å². The maximum Gasteiger partial charge on any atom is 0.204 e. The van der Waals surface area contributed by atoms with Gasteiger partial charge >= 0.3 is 0 Å². The van der Waals surface area contributed by atoms with Crippen LogP contribution >= 0.6 is 0 Å². The molecule has 0 aliphatic heterocycles. The SMILES string of the molecule is COc1c(OC)c(OC)c2c(-c3ccccc3)c(-c3ccccc3)[nH]c2c1C=Nc1cccc(C)c1C. The molecule has 0 aliphatic rings. The number of nitrogens with zero attached hydrogens (tertiary/aromatic N) is 1. The first-order valence-electron chi connectivity index (χ1n) is 12.2. The van der Waals surface area contributed by atoms with E-state index in [0.717, 1.165) is 50.1 Å². The van der Waals surface area contributed by atoms with E-state index in [1.54, 1.807) is 21.3 Å². The molecule has 5 heteroatoms. The fourth-order valence-corrected chi connectivity index (χ4v) is 4.81. The molecule has 5 aromatic rings. The first-order chi connectivity index (χ1) is 18.1. The monoisotopic (exact) mass is 490 g/mol. The second kappa shape index (κ2) is 10.2. The lowest BCUT2D eigenvalue weighted by atomic mass is 9.96. The summed E-state index contributed by atoms with van der Waals surface area (Å²) in [4.78, 5) is 8.59. The lowest BCUT2D eigenvalue weighted by Gasteiger charge is -2.17. The van der Waals surface area contributed by atoms with Gasteiger partial charge in [-0.25, -0.2) is 0 Å². The number of aryl methyl sites for hydroxylation is 1. The van der Waals surface area contributed by atoms with Crippen LogP contribution in [0, 0.1) is 13.8 Å². The van der Waals surface area contributed by atoms with Crippen molar-refractivity contribution in [1.82, 2.24) is 4.98 Å². The smallest absolute Gasteiger partial charge is 0.204 e. The molecular formula is C32H30N2O3. The van der Waals surface area contributed by atoms with Crippen LogP contribution in [-0.2, 0) is 0 Å². The van der Waals surface area contributed by atoms with E-state index < -0.39 is 0 Å². The molecule has 4 aromatic carbocycles. The van der Waals surface area contributed by atoms with E-state index in [9.17, 15) is 0 Å². The molecule has 1 heterocycles. The van der Waals surface area contributed by atoms with Gasteiger partial charge in [0.05, 0.1) is 49.2 Å². The number of ether oxygens (including phenoxy) is 3. The summed E-state index contributed by atoms with van der Waals surface area (Å²) in [5.74, 6) is 1.69. The molecule has 0 bridgehead atoms. The van der Waals surface area contributed by atoms with Crippen LogP contribution in [0.25, 0.3) is 33.3 Å². The Morgan fingerprint density at radius 2 is 1.30 bits per heavy atom. The van der Waals surface area contributed by atoms with Crippen LogP contribution in [0.1, 0.15) is 16.7 Å². The average molecular weight is 491 g/mol. The van der Waals surface area contributed by atoms with Crippen molar-refractivity contribution < 1.29 is 14.2 Å². The van der Waals surface area contributed by atoms with Crippen LogP contribution in [0.2, 0.25) is 0 Å². The van der Waals surface area contributed by atoms with Gasteiger partial charge in [-0.05, 0) is 42.2 Å². The van der Waals surface area contributed by atoms with Crippen molar-refractivity contribution in [2.45, 2.75) is 13.8 Å². The standard InChI is InChI=1S/C32H30N2O3/c1-20-13-12-18-25(21(20)2)33-19-24-29-27(31(36-4)32(37-5)30(24)35-3)26(22-14-8-6-9-15-22)28(34-29)23-16-10-7-11-17-23/h6-19,34H,1-5H3. The molecule has 0 saturated heterocycles. The van der Waals surface area contributed by atoms with E-state index in [1.165, 1.54) is 5.56 Å². The maximum atomic E-state index is 5.99. The minimum atomic E-state index is 0.524. The predicted octanol–water partition coefficient (Wildman–Crippen LogP) is 7.90. The van der Waals surface area contributed by atoms with Gasteiger partial charge in [0.2, 0.25) is 5.75 Å². The van der Waals surface area contributed by atoms with Crippen LogP contribution < -0.4 is 14.2 Å². The molecule has 0 spiro atoms. The van der Waals surface area contributed by atoms with Crippen LogP contribution in [0.15, 0.2) is 83.9 Å². The van der Waals surface area contributed by atoms with E-state index in [-0.39, 0.29) is 0 Å². The largest absolute Gasteiger partial charge is 0.492 e. The minimum Gasteiger partial charge on any atom is -0.492 e. The zero-order chi connectivity index (χ0) is 25.9. The molecule has 0 saturated carbocycles. The van der Waals surface area contributed by atoms with Crippen LogP contribution in [0.5, 0.6) is 17.2 Å². The van der Waals surface area contributed by atoms with Crippen molar-refractivity contribution in [3.63, 3.8) is 0 Å². The summed E-state index contributed by atoms with van der Waals surface area (Å²) < 4.78 is 17.8. The summed E-state index contributed by atoms with van der Waals surface area (Å²) in [7, 11) is 4.92. The van der Waals surface area contributed by atoms with E-state index >= 15 is 0 Å². The van der Waals surface area contributed by atoms with Gasteiger partial charge in [0.25, 0.3) is 0 Å². The molecule has 5 nitrogen and oxygen atoms in total. The predicted molar refractivity (Wildman–Crippen MR) is 152 cm³/mol. The number of hydrogen-bond donors (Lipinski definition) is 1. The van der Waals surface area contributed by atoms with Crippen LogP contribution in [-0.4, -0.2) is 32.5 Å². The molecule has 0 atom stereocenters. The van der Waals surface area contributed by atoms with Crippen molar-refractivity contribution in [2.75, 3.05) is 21.3 Å². The number of methoxy groups -OCH3 is 3. The Hall–Kier alpha value is -4.51. The molecular weight excluding hydrogens is 460 g/mol. The fourth-order valence-electron chi connectivity index (χ4n) is 4.81. The number of aromatic nitrogens is 1. The minimum absolute atomic E-state index is 0.524. The highest BCUT2D eigenvalue weighted by molar-refractivity contribution is 6.15. The second-order valence-electron chi connectivity index (χ2n) is 8.85. The Balaban J connectivity index is 1.91. The third-order valence-corrected chi connectivity index (χ3v) is 6.80. The summed E-state index contributed by atoms with van der Waals surface area (Å²) in [6.45, 7) is 4.17. The molecule has 1 N–H and O–H groups in total. The summed E-state index contributed by atoms with van der Waals surface area (Å²) in [5, 5.41) is 0.910. The van der Waals surface area contributed by atoms with Gasteiger partial charge in [-0.15, -0.1) is 0 Å². The fraction of sp³-hybridized carbons (Fsp3) is 0.156. The van der Waals surface area contributed by atoms with E-state index in [1.807, 2.05) is 54.7 Å². The van der Waals surface area contributed by atoms with E-state index in [4.69, 9.17) is 19.2 Å². The Kier molecular flexibility index (Phi) is 6.69. The summed E-state index contributed by atoms with van der Waals surface area (Å²) in [6.07, 6.45) is 1.85. The first kappa shape index (κ1) is 24.2. The van der Waals surface area contributed by atoms with Gasteiger partial charge in [0.15, 0.2) is 11.5 Å². The van der Waals surface area contributed by atoms with Crippen molar-refractivity contribution in [3.05, 3.63) is 95.6 Å². The highest BCUT2D eigenvalue weighted by atomic mass is 16.5. The normalized spacial score (nSPS) is 11.3. The molecule has 0 aliphatic carbocycles. The number of fused-ring (bicyclic) bond motifs is 1. The number of nitrogens with one attached hydrogen (secondary N) is 1. The molecule has 1 aromatic heterocycles. The van der Waals surface area contributed by atoms with Gasteiger partial charge in [-0.3, -0.25) is 4.99 Å². The quantitative estimate of drug-likeness (QED) is 0.236. The van der Waals surface area contributed by atoms with E-state index in [0.29, 0.717) is 17.2 Å². The summed E-state index contributed by atoms with van der Waals surface area (Å²) in [6, 6.07) is 26.7. The Bertz CT molecular complexity index is 1590. The Morgan fingerprint density at radius 3 is 1.92 bits per heavy atom. The number of aliphatic imine (C=N–C) groups is 1. The number of aromatic amines is 1. The number of H-pyrrole nitrogens is 1. The third kappa shape index (κ3) is 4.23. The topological polar surface area (TPSA) is 55.8 Å². The third-order valence-electron chi connectivity index (χ3n) is 6.80. The molecule has 37 heavy (non-hydrogen) atoms. The number of hydrogen-bond acceptors (Lipinski definition) is 4. The zero-order valence-electron chi connectivity index (χ0n) is 21.8. The molecule has 0 radical (unpaired) electrons. The lowest BCUT2D eigenvalue weighted by molar-refractivity contribution is 0.327. The van der Waals surface area contributed by atoms with E-state index in [2.05, 4.69) is 49.2 Å². The van der Waals surface area contributed by atoms with Gasteiger partial charge in [0, 0.05) is 11.8 Å². The van der Waals surface area contributed by atoms with Crippen molar-refractivity contribution in [2.24, 2.45) is 4.99 Å². The molecule has 5 rings (SSSR count). The molecule has 0 unspecified atom stereocenters. The molecule has 186 valence electrons. The van der Waals surface area contributed by atoms with Gasteiger partial charge in [-0.1, -0.05) is 72.8 Å². The van der Waals surface area contributed by atoms with Gasteiger partial charge in [-0.2, -0.15) is 0 Å². The van der Waals surface area contributed by atoms with Crippen molar-refractivity contribution >= 4 is 22.8 Å². The first-order valence-corrected chi connectivity index (χ1v) is 12.2. The lowest BCUT2D eigenvalue weighted by Crippen LogP contribution is -2.00. The van der Waals surface area contributed by atoms with Gasteiger partial charge in [0.1, 0.15) is 0 Å². The molecule has 0 amide bonds. The maximum absolute atomic E-state index is 5.99. The summed E-state index contributed by atoms with van der Waals surface area (Å²) in [5.41, 5.74) is 9.02. The van der Waals surface area contributed by atoms with Crippen molar-refractivity contribution in [1.29, 1.82) is 0 Å². The number of benzene rings is 4. The molecule has 0 fully saturated rings.